The second-order valence-corrected chi connectivity index (χ2v) is 10.1. The van der Waals surface area contributed by atoms with E-state index in [9.17, 15) is 19.1 Å². The van der Waals surface area contributed by atoms with E-state index in [-0.39, 0.29) is 40.4 Å². The molecular formula is C33H31F2N5O3. The number of aromatic hydroxyl groups is 1. The lowest BCUT2D eigenvalue weighted by molar-refractivity contribution is 0.100. The quantitative estimate of drug-likeness (QED) is 0.235. The summed E-state index contributed by atoms with van der Waals surface area (Å²) in [7, 11) is 0. The summed E-state index contributed by atoms with van der Waals surface area (Å²) in [6.07, 6.45) is 2.98. The molecule has 220 valence electrons. The highest BCUT2D eigenvalue weighted by atomic mass is 19.1. The average molecular weight is 584 g/mol. The average Bonchev–Trinajstić information content (AvgIpc) is 3.48. The number of aromatic nitrogens is 4. The largest absolute Gasteiger partial charge is 0.494 e. The first-order valence-electron chi connectivity index (χ1n) is 14.0. The Morgan fingerprint density at radius 3 is 2.26 bits per heavy atom. The van der Waals surface area contributed by atoms with E-state index in [2.05, 4.69) is 10.1 Å². The maximum absolute atomic E-state index is 15.4. The van der Waals surface area contributed by atoms with Gasteiger partial charge in [-0.1, -0.05) is 50.2 Å². The molecule has 0 aliphatic rings. The lowest BCUT2D eigenvalue weighted by atomic mass is 9.96. The summed E-state index contributed by atoms with van der Waals surface area (Å²) in [6.45, 7) is 6.56. The van der Waals surface area contributed by atoms with Crippen LogP contribution in [0.1, 0.15) is 53.4 Å². The van der Waals surface area contributed by atoms with Crippen molar-refractivity contribution < 1.29 is 18.7 Å². The van der Waals surface area contributed by atoms with Crippen LogP contribution in [0, 0.1) is 11.6 Å². The van der Waals surface area contributed by atoms with Crippen LogP contribution in [-0.4, -0.2) is 30.3 Å². The highest BCUT2D eigenvalue weighted by Crippen LogP contribution is 2.33. The number of para-hydroxylation sites is 1. The first kappa shape index (κ1) is 29.4. The third-order valence-corrected chi connectivity index (χ3v) is 7.49. The van der Waals surface area contributed by atoms with Crippen LogP contribution < -0.4 is 11.3 Å². The molecule has 0 fully saturated rings. The van der Waals surface area contributed by atoms with Crippen molar-refractivity contribution in [3.05, 3.63) is 117 Å². The van der Waals surface area contributed by atoms with E-state index in [1.807, 2.05) is 39.0 Å². The normalized spacial score (nSPS) is 11.2. The van der Waals surface area contributed by atoms with Crippen LogP contribution in [0.15, 0.2) is 71.7 Å². The zero-order valence-electron chi connectivity index (χ0n) is 24.1. The van der Waals surface area contributed by atoms with E-state index < -0.39 is 23.1 Å². The smallest absolute Gasteiger partial charge is 0.280 e. The third kappa shape index (κ3) is 5.55. The third-order valence-electron chi connectivity index (χ3n) is 7.49. The van der Waals surface area contributed by atoms with Gasteiger partial charge in [0, 0.05) is 30.3 Å². The number of nitrogens with zero attached hydrogens (tertiary/aromatic N) is 4. The fourth-order valence-corrected chi connectivity index (χ4v) is 5.29. The van der Waals surface area contributed by atoms with Crippen molar-refractivity contribution in [2.75, 3.05) is 0 Å². The number of aryl methyl sites for hydroxylation is 3. The molecule has 0 radical (unpaired) electrons. The Morgan fingerprint density at radius 2 is 1.65 bits per heavy atom. The van der Waals surface area contributed by atoms with Crippen molar-refractivity contribution in [2.45, 2.75) is 46.6 Å². The van der Waals surface area contributed by atoms with Crippen molar-refractivity contribution in [3.8, 4) is 34.2 Å². The van der Waals surface area contributed by atoms with Gasteiger partial charge < -0.3 is 10.8 Å². The summed E-state index contributed by atoms with van der Waals surface area (Å²) < 4.78 is 32.4. The minimum Gasteiger partial charge on any atom is -0.494 e. The van der Waals surface area contributed by atoms with E-state index in [0.717, 1.165) is 28.9 Å². The molecule has 2 heterocycles. The van der Waals surface area contributed by atoms with Crippen molar-refractivity contribution in [3.63, 3.8) is 0 Å². The number of carbonyl (C=O) groups is 1. The molecule has 0 saturated heterocycles. The molecule has 2 aromatic heterocycles. The van der Waals surface area contributed by atoms with Crippen LogP contribution in [0.2, 0.25) is 0 Å². The van der Waals surface area contributed by atoms with E-state index in [4.69, 9.17) is 5.73 Å². The molecular weight excluding hydrogens is 552 g/mol. The van der Waals surface area contributed by atoms with Gasteiger partial charge in [-0.2, -0.15) is 10.1 Å². The number of rotatable bonds is 9. The first-order chi connectivity index (χ1) is 20.7. The second kappa shape index (κ2) is 12.0. The molecule has 10 heteroatoms. The second-order valence-electron chi connectivity index (χ2n) is 10.1. The van der Waals surface area contributed by atoms with Crippen LogP contribution in [0.5, 0.6) is 5.88 Å². The lowest BCUT2D eigenvalue weighted by Gasteiger charge is -2.21. The summed E-state index contributed by atoms with van der Waals surface area (Å²) >= 11 is 0. The number of primary amides is 1. The van der Waals surface area contributed by atoms with Crippen LogP contribution in [0.3, 0.4) is 0 Å². The zero-order valence-corrected chi connectivity index (χ0v) is 24.1. The molecule has 3 aromatic carbocycles. The molecule has 5 aromatic rings. The summed E-state index contributed by atoms with van der Waals surface area (Å²) in [6, 6.07) is 15.2. The predicted octanol–water partition coefficient (Wildman–Crippen LogP) is 5.58. The molecule has 0 aliphatic carbocycles. The van der Waals surface area contributed by atoms with Crippen LogP contribution in [-0.2, 0) is 25.8 Å². The monoisotopic (exact) mass is 583 g/mol. The maximum atomic E-state index is 15.4. The molecule has 0 aliphatic heterocycles. The van der Waals surface area contributed by atoms with Crippen LogP contribution in [0.4, 0.5) is 8.78 Å². The lowest BCUT2D eigenvalue weighted by Crippen LogP contribution is -2.21. The minimum absolute atomic E-state index is 0.0154. The van der Waals surface area contributed by atoms with Crippen LogP contribution >= 0.6 is 0 Å². The van der Waals surface area contributed by atoms with Crippen molar-refractivity contribution >= 4 is 5.91 Å². The van der Waals surface area contributed by atoms with E-state index in [1.54, 1.807) is 27.6 Å². The molecule has 5 rings (SSSR count). The number of hydrogen-bond acceptors (Lipinski definition) is 5. The van der Waals surface area contributed by atoms with Gasteiger partial charge in [0.25, 0.3) is 5.56 Å². The number of halogens is 2. The van der Waals surface area contributed by atoms with Gasteiger partial charge in [0.05, 0.1) is 11.3 Å². The first-order valence-corrected chi connectivity index (χ1v) is 14.0. The maximum Gasteiger partial charge on any atom is 0.280 e. The molecule has 1 amide bonds. The Bertz CT molecular complexity index is 1890. The molecule has 0 bridgehead atoms. The summed E-state index contributed by atoms with van der Waals surface area (Å²) in [5, 5.41) is 16.3. The Kier molecular flexibility index (Phi) is 8.20. The minimum atomic E-state index is -0.891. The highest BCUT2D eigenvalue weighted by Gasteiger charge is 2.24. The Hall–Kier alpha value is -5.12. The van der Waals surface area contributed by atoms with Crippen molar-refractivity contribution in [1.29, 1.82) is 0 Å². The van der Waals surface area contributed by atoms with Gasteiger partial charge in [-0.05, 0) is 66.3 Å². The fourth-order valence-electron chi connectivity index (χ4n) is 5.29. The van der Waals surface area contributed by atoms with Crippen molar-refractivity contribution in [1.82, 2.24) is 19.3 Å². The van der Waals surface area contributed by atoms with Gasteiger partial charge >= 0.3 is 0 Å². The molecule has 8 nitrogen and oxygen atoms in total. The Labute approximate surface area is 247 Å². The SMILES string of the molecule is CCc1cccc(CC)c1-n1c(-c2ccn(CC)n2)nc(=O)c(Cc2ccc(-c3ccc(F)cc3C(N)=O)c(F)c2)c1O. The number of hydrogen-bond donors (Lipinski definition) is 2. The molecule has 0 atom stereocenters. The molecule has 0 unspecified atom stereocenters. The van der Waals surface area contributed by atoms with E-state index in [1.165, 1.54) is 18.2 Å². The zero-order chi connectivity index (χ0) is 30.8. The summed E-state index contributed by atoms with van der Waals surface area (Å²) in [4.78, 5) is 29.7. The number of amides is 1. The summed E-state index contributed by atoms with van der Waals surface area (Å²) in [5.74, 6) is -2.38. The van der Waals surface area contributed by atoms with Crippen molar-refractivity contribution in [2.24, 2.45) is 5.73 Å². The fraction of sp³-hybridized carbons (Fsp3) is 0.212. The van der Waals surface area contributed by atoms with Gasteiger partial charge in [-0.15, -0.1) is 0 Å². The number of carbonyl (C=O) groups excluding carboxylic acids is 1. The molecule has 0 spiro atoms. The standard InChI is InChI=1S/C33H31F2N5O3/c1-4-20-8-7-9-21(5-2)29(20)40-31(28-14-15-39(6-3)38-28)37-32(42)26(33(40)43)16-19-10-12-24(27(35)17-19)23-13-11-22(34)18-25(23)30(36)41/h7-15,17-18,43H,4-6,16H2,1-3H3,(H2,36,41). The Morgan fingerprint density at radius 1 is 0.953 bits per heavy atom. The number of benzene rings is 3. The van der Waals surface area contributed by atoms with Gasteiger partial charge in [0.15, 0.2) is 5.82 Å². The highest BCUT2D eigenvalue weighted by molar-refractivity contribution is 5.99. The topological polar surface area (TPSA) is 116 Å². The molecule has 0 saturated carbocycles. The predicted molar refractivity (Wildman–Crippen MR) is 160 cm³/mol. The van der Waals surface area contributed by atoms with Crippen LogP contribution in [0.25, 0.3) is 28.3 Å². The number of nitrogens with two attached hydrogens (primary N) is 1. The van der Waals surface area contributed by atoms with Gasteiger partial charge in [-0.25, -0.2) is 8.78 Å². The van der Waals surface area contributed by atoms with E-state index >= 15 is 4.39 Å². The van der Waals surface area contributed by atoms with Gasteiger partial charge in [0.2, 0.25) is 11.8 Å². The molecule has 43 heavy (non-hydrogen) atoms. The summed E-state index contributed by atoms with van der Waals surface area (Å²) in [5.41, 5.74) is 8.17. The van der Waals surface area contributed by atoms with Gasteiger partial charge in [0.1, 0.15) is 17.3 Å². The molecule has 3 N–H and O–H groups in total. The van der Waals surface area contributed by atoms with E-state index in [0.29, 0.717) is 30.6 Å². The van der Waals surface area contributed by atoms with Gasteiger partial charge in [-0.3, -0.25) is 18.8 Å². The Balaban J connectivity index is 1.66.